The van der Waals surface area contributed by atoms with Gasteiger partial charge in [0.1, 0.15) is 6.54 Å². The Morgan fingerprint density at radius 1 is 1.13 bits per heavy atom. The fraction of sp³-hybridized carbons (Fsp3) is 0.182. The molecule has 2 aromatic heterocycles. The molecule has 0 saturated heterocycles. The highest BCUT2D eigenvalue weighted by Gasteiger charge is 2.12. The minimum absolute atomic E-state index is 0.113. The smallest absolute Gasteiger partial charge is 0.240 e. The zero-order valence-corrected chi connectivity index (χ0v) is 17.4. The number of aromatic nitrogens is 5. The Morgan fingerprint density at radius 3 is 2.67 bits per heavy atom. The van der Waals surface area contributed by atoms with Crippen LogP contribution >= 0.6 is 12.2 Å². The second kappa shape index (κ2) is 8.87. The maximum Gasteiger partial charge on any atom is 0.240 e. The summed E-state index contributed by atoms with van der Waals surface area (Å²) in [5, 5.41) is 14.4. The van der Waals surface area contributed by atoms with Crippen molar-refractivity contribution in [3.8, 4) is 17.1 Å². The molecule has 0 aliphatic carbocycles. The van der Waals surface area contributed by atoms with Crippen LogP contribution in [-0.4, -0.2) is 37.0 Å². The van der Waals surface area contributed by atoms with Gasteiger partial charge in [-0.25, -0.2) is 4.68 Å². The van der Waals surface area contributed by atoms with Crippen LogP contribution < -0.4 is 5.32 Å². The number of rotatable bonds is 7. The number of hydrogen-bond acceptors (Lipinski definition) is 4. The molecule has 4 aromatic rings. The Labute approximate surface area is 179 Å². The molecular weight excluding hydrogens is 396 g/mol. The molecule has 0 radical (unpaired) electrons. The predicted octanol–water partition coefficient (Wildman–Crippen LogP) is 3.46. The number of nitrogens with zero attached hydrogens (tertiary/aromatic N) is 4. The quantitative estimate of drug-likeness (QED) is 0.451. The molecule has 30 heavy (non-hydrogen) atoms. The fourth-order valence-electron chi connectivity index (χ4n) is 3.14. The van der Waals surface area contributed by atoms with Gasteiger partial charge in [-0.1, -0.05) is 48.0 Å². The molecule has 8 heteroatoms. The van der Waals surface area contributed by atoms with Gasteiger partial charge < -0.3 is 5.32 Å². The third-order valence-electron chi connectivity index (χ3n) is 4.76. The second-order valence-electron chi connectivity index (χ2n) is 7.03. The van der Waals surface area contributed by atoms with Gasteiger partial charge in [0.25, 0.3) is 0 Å². The molecule has 1 amide bonds. The summed E-state index contributed by atoms with van der Waals surface area (Å²) >= 11 is 5.31. The molecule has 0 spiro atoms. The van der Waals surface area contributed by atoms with Crippen LogP contribution in [0.1, 0.15) is 11.1 Å². The van der Waals surface area contributed by atoms with Crippen LogP contribution in [-0.2, 0) is 17.8 Å². The van der Waals surface area contributed by atoms with Gasteiger partial charge in [0.15, 0.2) is 10.6 Å². The monoisotopic (exact) mass is 418 g/mol. The molecule has 4 rings (SSSR count). The lowest BCUT2D eigenvalue weighted by Crippen LogP contribution is -2.29. The van der Waals surface area contributed by atoms with Crippen LogP contribution in [0.5, 0.6) is 0 Å². The van der Waals surface area contributed by atoms with E-state index in [4.69, 9.17) is 12.2 Å². The minimum Gasteiger partial charge on any atom is -0.354 e. The van der Waals surface area contributed by atoms with Crippen LogP contribution in [0.3, 0.4) is 0 Å². The van der Waals surface area contributed by atoms with Crippen LogP contribution in [0, 0.1) is 11.7 Å². The van der Waals surface area contributed by atoms with Crippen molar-refractivity contribution in [1.29, 1.82) is 0 Å². The first-order valence-electron chi connectivity index (χ1n) is 9.68. The van der Waals surface area contributed by atoms with E-state index in [-0.39, 0.29) is 12.5 Å². The van der Waals surface area contributed by atoms with Crippen LogP contribution in [0.25, 0.3) is 17.1 Å². The second-order valence-corrected chi connectivity index (χ2v) is 7.42. The van der Waals surface area contributed by atoms with Gasteiger partial charge in [0.2, 0.25) is 5.91 Å². The maximum absolute atomic E-state index is 12.5. The Kier molecular flexibility index (Phi) is 5.85. The first-order chi connectivity index (χ1) is 14.6. The van der Waals surface area contributed by atoms with Crippen molar-refractivity contribution in [2.24, 2.45) is 0 Å². The van der Waals surface area contributed by atoms with Crippen molar-refractivity contribution in [1.82, 2.24) is 29.9 Å². The summed E-state index contributed by atoms with van der Waals surface area (Å²) in [6.07, 6.45) is 4.49. The van der Waals surface area contributed by atoms with Crippen molar-refractivity contribution in [3.63, 3.8) is 0 Å². The van der Waals surface area contributed by atoms with Gasteiger partial charge in [-0.3, -0.25) is 14.5 Å². The highest BCUT2D eigenvalue weighted by molar-refractivity contribution is 7.71. The summed E-state index contributed by atoms with van der Waals surface area (Å²) in [7, 11) is 0. The number of nitrogens with one attached hydrogen (secondary N) is 2. The lowest BCUT2D eigenvalue weighted by molar-refractivity contribution is -0.121. The summed E-state index contributed by atoms with van der Waals surface area (Å²) < 4.78 is 3.96. The molecule has 0 bridgehead atoms. The average molecular weight is 419 g/mol. The topological polar surface area (TPSA) is 80.5 Å². The molecule has 0 atom stereocenters. The average Bonchev–Trinajstić information content (AvgIpc) is 3.37. The summed E-state index contributed by atoms with van der Waals surface area (Å²) in [5.74, 6) is 0.538. The Bertz CT molecular complexity index is 1190. The van der Waals surface area contributed by atoms with Gasteiger partial charge in [0.05, 0.1) is 11.9 Å². The standard InChI is InChI=1S/C22H22N6OS/c1-16-7-9-18(10-8-16)21-25-26-22(30)27(21)15-20(29)23-12-11-17-13-24-28(14-17)19-5-3-2-4-6-19/h2-10,13-14H,11-12,15H2,1H3,(H,23,29)(H,26,30). The van der Waals surface area contributed by atoms with E-state index >= 15 is 0 Å². The summed E-state index contributed by atoms with van der Waals surface area (Å²) in [4.78, 5) is 12.5. The molecule has 2 N–H and O–H groups in total. The first kappa shape index (κ1) is 19.8. The van der Waals surface area contributed by atoms with Gasteiger partial charge in [-0.2, -0.15) is 10.2 Å². The Morgan fingerprint density at radius 2 is 1.90 bits per heavy atom. The lowest BCUT2D eigenvalue weighted by Gasteiger charge is -2.08. The van der Waals surface area contributed by atoms with Crippen molar-refractivity contribution in [3.05, 3.63) is 82.9 Å². The predicted molar refractivity (Wildman–Crippen MR) is 118 cm³/mol. The largest absolute Gasteiger partial charge is 0.354 e. The zero-order valence-electron chi connectivity index (χ0n) is 16.6. The van der Waals surface area contributed by atoms with E-state index in [9.17, 15) is 4.79 Å². The molecule has 2 heterocycles. The van der Waals surface area contributed by atoms with E-state index in [1.165, 1.54) is 0 Å². The van der Waals surface area contributed by atoms with Crippen LogP contribution in [0.2, 0.25) is 0 Å². The maximum atomic E-state index is 12.5. The number of aryl methyl sites for hydroxylation is 1. The van der Waals surface area contributed by atoms with Gasteiger partial charge in [0, 0.05) is 18.3 Å². The normalized spacial score (nSPS) is 10.8. The first-order valence-corrected chi connectivity index (χ1v) is 10.1. The molecule has 0 fully saturated rings. The molecule has 152 valence electrons. The van der Waals surface area contributed by atoms with Crippen LogP contribution in [0.15, 0.2) is 67.0 Å². The highest BCUT2D eigenvalue weighted by atomic mass is 32.1. The molecule has 0 aliphatic heterocycles. The minimum atomic E-state index is -0.115. The summed E-state index contributed by atoms with van der Waals surface area (Å²) in [5.41, 5.74) is 4.13. The number of carbonyl (C=O) groups is 1. The van der Waals surface area contributed by atoms with Crippen molar-refractivity contribution >= 4 is 18.1 Å². The number of hydrogen-bond donors (Lipinski definition) is 2. The third kappa shape index (κ3) is 4.55. The van der Waals surface area contributed by atoms with Gasteiger partial charge in [-0.05, 0) is 43.3 Å². The van der Waals surface area contributed by atoms with E-state index < -0.39 is 0 Å². The number of carbonyl (C=O) groups excluding carboxylic acids is 1. The number of H-pyrrole nitrogens is 1. The SMILES string of the molecule is Cc1ccc(-c2n[nH]c(=S)n2CC(=O)NCCc2cnn(-c3ccccc3)c2)cc1. The number of aromatic amines is 1. The summed E-state index contributed by atoms with van der Waals surface area (Å²) in [6.45, 7) is 2.66. The van der Waals surface area contributed by atoms with Crippen LogP contribution in [0.4, 0.5) is 0 Å². The number of amides is 1. The van der Waals surface area contributed by atoms with Gasteiger partial charge >= 0.3 is 0 Å². The Hall–Kier alpha value is -3.52. The van der Waals surface area contributed by atoms with Gasteiger partial charge in [-0.15, -0.1) is 0 Å². The highest BCUT2D eigenvalue weighted by Crippen LogP contribution is 2.17. The van der Waals surface area contributed by atoms with Crippen molar-refractivity contribution in [2.75, 3.05) is 6.54 Å². The summed E-state index contributed by atoms with van der Waals surface area (Å²) in [6, 6.07) is 17.9. The molecule has 0 unspecified atom stereocenters. The van der Waals surface area contributed by atoms with E-state index in [2.05, 4.69) is 20.6 Å². The number of para-hydroxylation sites is 1. The molecule has 0 aliphatic rings. The molecule has 0 saturated carbocycles. The third-order valence-corrected chi connectivity index (χ3v) is 5.07. The van der Waals surface area contributed by atoms with E-state index in [1.807, 2.05) is 78.6 Å². The lowest BCUT2D eigenvalue weighted by atomic mass is 10.1. The van der Waals surface area contributed by atoms with Crippen molar-refractivity contribution < 1.29 is 4.79 Å². The van der Waals surface area contributed by atoms with E-state index in [0.717, 1.165) is 22.4 Å². The fourth-order valence-corrected chi connectivity index (χ4v) is 3.34. The number of benzene rings is 2. The molecule has 2 aromatic carbocycles. The Balaban J connectivity index is 1.35. The molecular formula is C22H22N6OS. The zero-order chi connectivity index (χ0) is 20.9. The van der Waals surface area contributed by atoms with Crippen molar-refractivity contribution in [2.45, 2.75) is 19.9 Å². The molecule has 7 nitrogen and oxygen atoms in total. The van der Waals surface area contributed by atoms with E-state index in [0.29, 0.717) is 23.6 Å². The van der Waals surface area contributed by atoms with E-state index in [1.54, 1.807) is 4.57 Å².